The lowest BCUT2D eigenvalue weighted by molar-refractivity contribution is 0.0265. The monoisotopic (exact) mass is 252 g/mol. The first-order valence-electron chi connectivity index (χ1n) is 5.96. The predicted molar refractivity (Wildman–Crippen MR) is 66.5 cm³/mol. The van der Waals surface area contributed by atoms with Gasteiger partial charge in [0, 0.05) is 19.2 Å². The molecule has 1 aromatic carbocycles. The van der Waals surface area contributed by atoms with E-state index in [9.17, 15) is 14.3 Å². The molecule has 0 aromatic heterocycles. The summed E-state index contributed by atoms with van der Waals surface area (Å²) in [6.45, 7) is 0.585. The molecule has 1 amide bonds. The smallest absolute Gasteiger partial charge is 0.253 e. The van der Waals surface area contributed by atoms with Gasteiger partial charge in [-0.15, -0.1) is 0 Å². The number of carbonyl (C=O) groups is 1. The second-order valence-electron chi connectivity index (χ2n) is 4.91. The van der Waals surface area contributed by atoms with Gasteiger partial charge in [-0.1, -0.05) is 0 Å². The largest absolute Gasteiger partial charge is 0.396 e. The van der Waals surface area contributed by atoms with Crippen LogP contribution in [0.15, 0.2) is 18.2 Å². The Morgan fingerprint density at radius 1 is 1.56 bits per heavy atom. The van der Waals surface area contributed by atoms with Gasteiger partial charge in [0.15, 0.2) is 0 Å². The maximum atomic E-state index is 13.3. The predicted octanol–water partition coefficient (Wildman–Crippen LogP) is 1.25. The molecule has 0 saturated heterocycles. The summed E-state index contributed by atoms with van der Waals surface area (Å²) in [6, 6.07) is 4.07. The molecule has 0 heterocycles. The first-order chi connectivity index (χ1) is 8.47. The van der Waals surface area contributed by atoms with Crippen molar-refractivity contribution in [2.45, 2.75) is 18.9 Å². The second-order valence-corrected chi connectivity index (χ2v) is 4.91. The minimum Gasteiger partial charge on any atom is -0.396 e. The first-order valence-corrected chi connectivity index (χ1v) is 5.96. The Bertz CT molecular complexity index is 458. The number of halogens is 1. The van der Waals surface area contributed by atoms with Crippen LogP contribution in [-0.2, 0) is 0 Å². The molecule has 3 N–H and O–H groups in total. The minimum absolute atomic E-state index is 0.0383. The van der Waals surface area contributed by atoms with Crippen molar-refractivity contribution in [1.29, 1.82) is 0 Å². The highest BCUT2D eigenvalue weighted by Gasteiger charge is 2.29. The third kappa shape index (κ3) is 2.61. The van der Waals surface area contributed by atoms with E-state index >= 15 is 0 Å². The van der Waals surface area contributed by atoms with Crippen LogP contribution >= 0.6 is 0 Å². The summed E-state index contributed by atoms with van der Waals surface area (Å²) >= 11 is 0. The molecule has 5 heteroatoms. The lowest BCUT2D eigenvalue weighted by Crippen LogP contribution is -2.39. The molecule has 1 fully saturated rings. The Morgan fingerprint density at radius 3 is 2.78 bits per heavy atom. The number of aliphatic hydroxyl groups is 1. The molecule has 0 radical (unpaired) electrons. The van der Waals surface area contributed by atoms with Crippen molar-refractivity contribution >= 4 is 11.6 Å². The van der Waals surface area contributed by atoms with Gasteiger partial charge >= 0.3 is 0 Å². The van der Waals surface area contributed by atoms with E-state index in [2.05, 4.69) is 0 Å². The molecule has 2 rings (SSSR count). The van der Waals surface area contributed by atoms with E-state index in [0.29, 0.717) is 18.0 Å². The number of benzene rings is 1. The Kier molecular flexibility index (Phi) is 3.52. The highest BCUT2D eigenvalue weighted by atomic mass is 19.1. The summed E-state index contributed by atoms with van der Waals surface area (Å²) in [4.78, 5) is 13.6. The van der Waals surface area contributed by atoms with Crippen molar-refractivity contribution in [3.05, 3.63) is 29.6 Å². The van der Waals surface area contributed by atoms with Crippen molar-refractivity contribution in [3.8, 4) is 0 Å². The van der Waals surface area contributed by atoms with E-state index in [-0.39, 0.29) is 17.7 Å². The molecular weight excluding hydrogens is 235 g/mol. The molecule has 1 aliphatic rings. The second kappa shape index (κ2) is 4.94. The van der Waals surface area contributed by atoms with Gasteiger partial charge in [0.1, 0.15) is 5.82 Å². The average Bonchev–Trinajstić information content (AvgIpc) is 2.29. The van der Waals surface area contributed by atoms with Gasteiger partial charge in [0.05, 0.1) is 11.8 Å². The van der Waals surface area contributed by atoms with Gasteiger partial charge in [-0.2, -0.15) is 0 Å². The van der Waals surface area contributed by atoms with Gasteiger partial charge in [0.25, 0.3) is 5.91 Å². The van der Waals surface area contributed by atoms with Crippen LogP contribution in [0, 0.1) is 11.7 Å². The molecule has 98 valence electrons. The van der Waals surface area contributed by atoms with Crippen LogP contribution < -0.4 is 5.73 Å². The normalized spacial score (nSPS) is 22.4. The highest BCUT2D eigenvalue weighted by molar-refractivity contribution is 5.94. The minimum atomic E-state index is -0.576. The molecule has 1 aliphatic carbocycles. The number of nitrogen functional groups attached to an aromatic ring is 1. The summed E-state index contributed by atoms with van der Waals surface area (Å²) in [6.07, 6.45) is 1.23. The topological polar surface area (TPSA) is 66.6 Å². The lowest BCUT2D eigenvalue weighted by Gasteiger charge is -2.34. The molecule has 0 spiro atoms. The van der Waals surface area contributed by atoms with Crippen LogP contribution in [0.3, 0.4) is 0 Å². The zero-order valence-electron chi connectivity index (χ0n) is 10.3. The van der Waals surface area contributed by atoms with Crippen LogP contribution in [0.2, 0.25) is 0 Å². The van der Waals surface area contributed by atoms with Gasteiger partial charge in [-0.3, -0.25) is 4.79 Å². The van der Waals surface area contributed by atoms with Crippen molar-refractivity contribution in [2.75, 3.05) is 19.3 Å². The molecule has 0 unspecified atom stereocenters. The highest BCUT2D eigenvalue weighted by Crippen LogP contribution is 2.28. The van der Waals surface area contributed by atoms with E-state index in [1.165, 1.54) is 12.1 Å². The third-order valence-electron chi connectivity index (χ3n) is 3.34. The lowest BCUT2D eigenvalue weighted by atomic mass is 9.82. The van der Waals surface area contributed by atoms with Crippen LogP contribution in [0.4, 0.5) is 10.1 Å². The maximum absolute atomic E-state index is 13.3. The number of carbonyl (C=O) groups excluding carboxylic acids is 1. The van der Waals surface area contributed by atoms with Crippen molar-refractivity contribution in [1.82, 2.24) is 4.90 Å². The van der Waals surface area contributed by atoms with Gasteiger partial charge < -0.3 is 15.7 Å². The van der Waals surface area contributed by atoms with Crippen LogP contribution in [0.25, 0.3) is 0 Å². The Balaban J connectivity index is 1.99. The molecule has 0 bridgehead atoms. The Labute approximate surface area is 105 Å². The third-order valence-corrected chi connectivity index (χ3v) is 3.34. The summed E-state index contributed by atoms with van der Waals surface area (Å²) in [5.41, 5.74) is 5.70. The summed E-state index contributed by atoms with van der Waals surface area (Å²) in [5, 5.41) is 9.19. The van der Waals surface area contributed by atoms with Crippen LogP contribution in [0.1, 0.15) is 23.2 Å². The SMILES string of the molecule is CN(CC1CC(O)C1)C(=O)c1ccc(N)c(F)c1. The van der Waals surface area contributed by atoms with E-state index in [0.717, 1.165) is 18.9 Å². The Hall–Kier alpha value is -1.62. The number of hydrogen-bond acceptors (Lipinski definition) is 3. The fraction of sp³-hybridized carbons (Fsp3) is 0.462. The number of aliphatic hydroxyl groups excluding tert-OH is 1. The number of amides is 1. The van der Waals surface area contributed by atoms with Crippen molar-refractivity contribution in [2.24, 2.45) is 5.92 Å². The molecule has 4 nitrogen and oxygen atoms in total. The zero-order chi connectivity index (χ0) is 13.3. The number of rotatable bonds is 3. The van der Waals surface area contributed by atoms with E-state index in [4.69, 9.17) is 5.73 Å². The van der Waals surface area contributed by atoms with Gasteiger partial charge in [-0.05, 0) is 37.0 Å². The quantitative estimate of drug-likeness (QED) is 0.796. The molecule has 1 aromatic rings. The summed E-state index contributed by atoms with van der Waals surface area (Å²) < 4.78 is 13.3. The summed E-state index contributed by atoms with van der Waals surface area (Å²) in [5.74, 6) is -0.462. The van der Waals surface area contributed by atoms with Crippen molar-refractivity contribution < 1.29 is 14.3 Å². The standard InChI is InChI=1S/C13H17FN2O2/c1-16(7-8-4-10(17)5-8)13(18)9-2-3-12(15)11(14)6-9/h2-3,6,8,10,17H,4-5,7,15H2,1H3. The number of hydrogen-bond donors (Lipinski definition) is 2. The van der Waals surface area contributed by atoms with E-state index in [1.54, 1.807) is 11.9 Å². The fourth-order valence-corrected chi connectivity index (χ4v) is 2.20. The van der Waals surface area contributed by atoms with Crippen molar-refractivity contribution in [3.63, 3.8) is 0 Å². The van der Waals surface area contributed by atoms with E-state index < -0.39 is 5.82 Å². The number of nitrogens with zero attached hydrogens (tertiary/aromatic N) is 1. The maximum Gasteiger partial charge on any atom is 0.253 e. The van der Waals surface area contributed by atoms with Crippen LogP contribution in [0.5, 0.6) is 0 Å². The average molecular weight is 252 g/mol. The molecule has 18 heavy (non-hydrogen) atoms. The molecule has 0 atom stereocenters. The fourth-order valence-electron chi connectivity index (χ4n) is 2.20. The zero-order valence-corrected chi connectivity index (χ0v) is 10.3. The van der Waals surface area contributed by atoms with Gasteiger partial charge in [-0.25, -0.2) is 4.39 Å². The first kappa shape index (κ1) is 12.8. The van der Waals surface area contributed by atoms with Crippen LogP contribution in [-0.4, -0.2) is 35.6 Å². The molecule has 0 aliphatic heterocycles. The number of anilines is 1. The Morgan fingerprint density at radius 2 is 2.22 bits per heavy atom. The molecular formula is C13H17FN2O2. The van der Waals surface area contributed by atoms with Gasteiger partial charge in [0.2, 0.25) is 0 Å². The molecule has 1 saturated carbocycles. The summed E-state index contributed by atoms with van der Waals surface area (Å²) in [7, 11) is 1.68. The number of nitrogens with two attached hydrogens (primary N) is 1. The van der Waals surface area contributed by atoms with E-state index in [1.807, 2.05) is 0 Å².